The predicted octanol–water partition coefficient (Wildman–Crippen LogP) is -0.378. The van der Waals surface area contributed by atoms with Gasteiger partial charge in [0.1, 0.15) is 24.4 Å². The van der Waals surface area contributed by atoms with Crippen molar-refractivity contribution >= 4 is 0 Å². The third-order valence-electron chi connectivity index (χ3n) is 2.78. The van der Waals surface area contributed by atoms with E-state index in [4.69, 9.17) is 18.9 Å². The molecular formula is C9H14O5. The van der Waals surface area contributed by atoms with Crippen molar-refractivity contribution in [2.75, 3.05) is 6.61 Å². The summed E-state index contributed by atoms with van der Waals surface area (Å²) < 4.78 is 21.7. The van der Waals surface area contributed by atoms with Crippen LogP contribution in [-0.2, 0) is 18.9 Å². The molecule has 3 saturated heterocycles. The molecule has 3 rings (SSSR count). The molecule has 5 atom stereocenters. The van der Waals surface area contributed by atoms with Crippen LogP contribution in [0, 0.1) is 0 Å². The normalized spacial score (nSPS) is 54.6. The summed E-state index contributed by atoms with van der Waals surface area (Å²) in [7, 11) is 0. The second kappa shape index (κ2) is 2.68. The first-order valence-electron chi connectivity index (χ1n) is 4.88. The molecule has 0 bridgehead atoms. The van der Waals surface area contributed by atoms with Crippen LogP contribution >= 0.6 is 0 Å². The number of aliphatic hydroxyl groups excluding tert-OH is 1. The molecule has 0 aromatic rings. The molecule has 0 saturated carbocycles. The van der Waals surface area contributed by atoms with Crippen molar-refractivity contribution in [3.63, 3.8) is 0 Å². The third kappa shape index (κ3) is 1.28. The van der Waals surface area contributed by atoms with Crippen molar-refractivity contribution in [2.24, 2.45) is 0 Å². The van der Waals surface area contributed by atoms with Crippen molar-refractivity contribution in [3.8, 4) is 0 Å². The molecule has 5 heteroatoms. The Morgan fingerprint density at radius 3 is 2.50 bits per heavy atom. The van der Waals surface area contributed by atoms with Gasteiger partial charge in [-0.1, -0.05) is 0 Å². The quantitative estimate of drug-likeness (QED) is 0.587. The van der Waals surface area contributed by atoms with Gasteiger partial charge < -0.3 is 24.1 Å². The lowest BCUT2D eigenvalue weighted by Gasteiger charge is -2.21. The van der Waals surface area contributed by atoms with Crippen molar-refractivity contribution in [3.05, 3.63) is 0 Å². The van der Waals surface area contributed by atoms with E-state index < -0.39 is 18.2 Å². The highest BCUT2D eigenvalue weighted by atomic mass is 16.8. The average Bonchev–Trinajstić information content (AvgIpc) is 2.81. The zero-order valence-electron chi connectivity index (χ0n) is 8.17. The van der Waals surface area contributed by atoms with Gasteiger partial charge in [0, 0.05) is 0 Å². The summed E-state index contributed by atoms with van der Waals surface area (Å²) in [6.07, 6.45) is -1.74. The highest BCUT2D eigenvalue weighted by Gasteiger charge is 2.58. The SMILES string of the molecule is CC1(C)O[C@H]2O[C@@H]([C@@H]3CO3)[C@@H](O)[C@H]2O1. The van der Waals surface area contributed by atoms with Crippen LogP contribution in [0.5, 0.6) is 0 Å². The van der Waals surface area contributed by atoms with Gasteiger partial charge >= 0.3 is 0 Å². The maximum atomic E-state index is 9.89. The molecule has 0 unspecified atom stereocenters. The zero-order valence-corrected chi connectivity index (χ0v) is 8.17. The topological polar surface area (TPSA) is 60.5 Å². The maximum absolute atomic E-state index is 9.89. The Morgan fingerprint density at radius 1 is 1.21 bits per heavy atom. The molecular weight excluding hydrogens is 188 g/mol. The van der Waals surface area contributed by atoms with Gasteiger partial charge in [0.25, 0.3) is 0 Å². The summed E-state index contributed by atoms with van der Waals surface area (Å²) in [6.45, 7) is 4.28. The minimum Gasteiger partial charge on any atom is -0.387 e. The Labute approximate surface area is 81.9 Å². The second-order valence-corrected chi connectivity index (χ2v) is 4.43. The van der Waals surface area contributed by atoms with Crippen molar-refractivity contribution < 1.29 is 24.1 Å². The highest BCUT2D eigenvalue weighted by molar-refractivity contribution is 4.98. The average molecular weight is 202 g/mol. The molecule has 1 N–H and O–H groups in total. The maximum Gasteiger partial charge on any atom is 0.190 e. The van der Waals surface area contributed by atoms with Crippen LogP contribution in [0.25, 0.3) is 0 Å². The van der Waals surface area contributed by atoms with E-state index in [1.807, 2.05) is 13.8 Å². The van der Waals surface area contributed by atoms with Crippen LogP contribution < -0.4 is 0 Å². The van der Waals surface area contributed by atoms with Crippen LogP contribution in [-0.4, -0.2) is 48.2 Å². The molecule has 80 valence electrons. The van der Waals surface area contributed by atoms with Crippen LogP contribution in [0.4, 0.5) is 0 Å². The monoisotopic (exact) mass is 202 g/mol. The van der Waals surface area contributed by atoms with E-state index in [9.17, 15) is 5.11 Å². The number of epoxide rings is 1. The summed E-state index contributed by atoms with van der Waals surface area (Å²) >= 11 is 0. The summed E-state index contributed by atoms with van der Waals surface area (Å²) in [6, 6.07) is 0. The number of ether oxygens (including phenoxy) is 4. The Morgan fingerprint density at radius 2 is 1.93 bits per heavy atom. The number of hydrogen-bond donors (Lipinski definition) is 1. The van der Waals surface area contributed by atoms with E-state index in [-0.39, 0.29) is 18.3 Å². The number of aliphatic hydroxyl groups is 1. The first-order valence-corrected chi connectivity index (χ1v) is 4.88. The van der Waals surface area contributed by atoms with Gasteiger partial charge in [-0.05, 0) is 13.8 Å². The van der Waals surface area contributed by atoms with Gasteiger partial charge in [0.05, 0.1) is 6.61 Å². The van der Waals surface area contributed by atoms with Crippen molar-refractivity contribution in [2.45, 2.75) is 50.3 Å². The van der Waals surface area contributed by atoms with E-state index in [1.165, 1.54) is 0 Å². The summed E-state index contributed by atoms with van der Waals surface area (Å²) in [5, 5.41) is 9.89. The van der Waals surface area contributed by atoms with E-state index >= 15 is 0 Å². The lowest BCUT2D eigenvalue weighted by atomic mass is 10.1. The Balaban J connectivity index is 1.74. The summed E-state index contributed by atoms with van der Waals surface area (Å²) in [5.41, 5.74) is 0. The minimum atomic E-state index is -0.661. The van der Waals surface area contributed by atoms with Gasteiger partial charge in [0.15, 0.2) is 12.1 Å². The number of fused-ring (bicyclic) bond motifs is 1. The second-order valence-electron chi connectivity index (χ2n) is 4.43. The smallest absolute Gasteiger partial charge is 0.190 e. The standard InChI is InChI=1S/C9H14O5/c1-9(2)13-7-5(10)6(4-3-11-4)12-8(7)14-9/h4-8,10H,3H2,1-2H3/t4-,5+,6-,7+,8+/m0/s1. The predicted molar refractivity (Wildman–Crippen MR) is 44.4 cm³/mol. The molecule has 3 aliphatic heterocycles. The fourth-order valence-corrected chi connectivity index (χ4v) is 2.07. The fourth-order valence-electron chi connectivity index (χ4n) is 2.07. The van der Waals surface area contributed by atoms with Crippen LogP contribution in [0.15, 0.2) is 0 Å². The van der Waals surface area contributed by atoms with Crippen LogP contribution in [0.1, 0.15) is 13.8 Å². The molecule has 0 amide bonds. The molecule has 0 aliphatic carbocycles. The van der Waals surface area contributed by atoms with Gasteiger partial charge in [-0.2, -0.15) is 0 Å². The Bertz CT molecular complexity index is 248. The molecule has 14 heavy (non-hydrogen) atoms. The minimum absolute atomic E-state index is 0.0194. The van der Waals surface area contributed by atoms with E-state index in [0.29, 0.717) is 6.61 Å². The highest BCUT2D eigenvalue weighted by Crippen LogP contribution is 2.40. The van der Waals surface area contributed by atoms with E-state index in [2.05, 4.69) is 0 Å². The first kappa shape index (κ1) is 9.06. The van der Waals surface area contributed by atoms with Crippen LogP contribution in [0.2, 0.25) is 0 Å². The molecule has 5 nitrogen and oxygen atoms in total. The van der Waals surface area contributed by atoms with Crippen molar-refractivity contribution in [1.29, 1.82) is 0 Å². The van der Waals surface area contributed by atoms with Crippen molar-refractivity contribution in [1.82, 2.24) is 0 Å². The molecule has 0 aromatic heterocycles. The summed E-state index contributed by atoms with van der Waals surface area (Å²) in [5.74, 6) is -0.661. The molecule has 3 heterocycles. The van der Waals surface area contributed by atoms with E-state index in [1.54, 1.807) is 0 Å². The summed E-state index contributed by atoms with van der Waals surface area (Å²) in [4.78, 5) is 0. The molecule has 3 fully saturated rings. The first-order chi connectivity index (χ1) is 6.57. The fraction of sp³-hybridized carbons (Fsp3) is 1.00. The van der Waals surface area contributed by atoms with Crippen LogP contribution in [0.3, 0.4) is 0 Å². The zero-order chi connectivity index (χ0) is 9.92. The van der Waals surface area contributed by atoms with Gasteiger partial charge in [-0.25, -0.2) is 0 Å². The molecule has 3 aliphatic rings. The van der Waals surface area contributed by atoms with E-state index in [0.717, 1.165) is 0 Å². The number of hydrogen-bond acceptors (Lipinski definition) is 5. The third-order valence-corrected chi connectivity index (χ3v) is 2.78. The number of rotatable bonds is 1. The Hall–Kier alpha value is -0.200. The molecule has 0 spiro atoms. The van der Waals surface area contributed by atoms with Gasteiger partial charge in [-0.3, -0.25) is 0 Å². The van der Waals surface area contributed by atoms with Gasteiger partial charge in [-0.15, -0.1) is 0 Å². The largest absolute Gasteiger partial charge is 0.387 e. The molecule has 0 radical (unpaired) electrons. The lowest BCUT2D eigenvalue weighted by Crippen LogP contribution is -2.37. The molecule has 0 aromatic carbocycles. The van der Waals surface area contributed by atoms with Gasteiger partial charge in [0.2, 0.25) is 0 Å². The lowest BCUT2D eigenvalue weighted by molar-refractivity contribution is -0.216. The Kier molecular flexibility index (Phi) is 1.73.